The van der Waals surface area contributed by atoms with E-state index in [0.717, 1.165) is 11.9 Å². The van der Waals surface area contributed by atoms with Gasteiger partial charge in [0.05, 0.1) is 19.3 Å². The lowest BCUT2D eigenvalue weighted by Gasteiger charge is -2.26. The predicted octanol–water partition coefficient (Wildman–Crippen LogP) is 3.05. The molecule has 0 bridgehead atoms. The van der Waals surface area contributed by atoms with E-state index in [1.807, 2.05) is 18.3 Å². The summed E-state index contributed by atoms with van der Waals surface area (Å²) in [5.41, 5.74) is 2.30. The van der Waals surface area contributed by atoms with Gasteiger partial charge >= 0.3 is 0 Å². The molecular weight excluding hydrogens is 356 g/mol. The van der Waals surface area contributed by atoms with Gasteiger partial charge < -0.3 is 24.5 Å². The van der Waals surface area contributed by atoms with Gasteiger partial charge in [0.15, 0.2) is 5.82 Å². The monoisotopic (exact) mass is 374 g/mol. The van der Waals surface area contributed by atoms with Crippen LogP contribution in [0, 0.1) is 0 Å². The van der Waals surface area contributed by atoms with Crippen molar-refractivity contribution in [1.29, 1.82) is 0 Å². The number of anilines is 1. The molecule has 0 saturated heterocycles. The Balaban J connectivity index is 1.47. The van der Waals surface area contributed by atoms with Crippen LogP contribution in [-0.4, -0.2) is 47.9 Å². The highest BCUT2D eigenvalue weighted by Crippen LogP contribution is 2.36. The first kappa shape index (κ1) is 16.9. The normalized spacial score (nSPS) is 16.0. The molecule has 0 radical (unpaired) electrons. The summed E-state index contributed by atoms with van der Waals surface area (Å²) >= 11 is 6.03. The van der Waals surface area contributed by atoms with Gasteiger partial charge in [0, 0.05) is 30.6 Å². The van der Waals surface area contributed by atoms with E-state index in [-0.39, 0.29) is 11.3 Å². The molecule has 1 aliphatic rings. The number of halogens is 1. The second-order valence-corrected chi connectivity index (χ2v) is 6.38. The van der Waals surface area contributed by atoms with Crippen LogP contribution in [-0.2, 0) is 11.2 Å². The Morgan fingerprint density at radius 2 is 2.19 bits per heavy atom. The number of para-hydroxylation sites is 1. The van der Waals surface area contributed by atoms with Crippen LogP contribution in [0.2, 0.25) is 5.28 Å². The SMILES string of the molecule is COC[C@@H]1COc2c(nc(Cl)nc2OCCc2c[nH]c3ccccc23)N1. The molecule has 8 heteroatoms. The van der Waals surface area contributed by atoms with Gasteiger partial charge in [0.1, 0.15) is 6.61 Å². The third kappa shape index (κ3) is 3.40. The van der Waals surface area contributed by atoms with Crippen LogP contribution in [0.4, 0.5) is 5.82 Å². The minimum absolute atomic E-state index is 0.0116. The fourth-order valence-corrected chi connectivity index (χ4v) is 3.20. The van der Waals surface area contributed by atoms with Crippen molar-refractivity contribution in [1.82, 2.24) is 15.0 Å². The Kier molecular flexibility index (Phi) is 4.81. The third-order valence-corrected chi connectivity index (χ3v) is 4.40. The highest BCUT2D eigenvalue weighted by atomic mass is 35.5. The van der Waals surface area contributed by atoms with Crippen LogP contribution >= 0.6 is 11.6 Å². The topological polar surface area (TPSA) is 81.3 Å². The van der Waals surface area contributed by atoms with Crippen molar-refractivity contribution in [3.63, 3.8) is 0 Å². The van der Waals surface area contributed by atoms with Crippen molar-refractivity contribution in [3.05, 3.63) is 41.3 Å². The quantitative estimate of drug-likeness (QED) is 0.645. The number of nitrogens with one attached hydrogen (secondary N) is 2. The molecule has 0 fully saturated rings. The Morgan fingerprint density at radius 1 is 1.31 bits per heavy atom. The molecular formula is C18H19ClN4O3. The largest absolute Gasteiger partial charge is 0.483 e. The number of aromatic nitrogens is 3. The van der Waals surface area contributed by atoms with E-state index in [1.165, 1.54) is 10.9 Å². The molecule has 1 aromatic carbocycles. The number of fused-ring (bicyclic) bond motifs is 2. The van der Waals surface area contributed by atoms with E-state index < -0.39 is 0 Å². The predicted molar refractivity (Wildman–Crippen MR) is 99.3 cm³/mol. The van der Waals surface area contributed by atoms with E-state index in [4.69, 9.17) is 25.8 Å². The molecule has 0 amide bonds. The minimum atomic E-state index is 0.0116. The Labute approximate surface area is 155 Å². The molecule has 2 aromatic heterocycles. The summed E-state index contributed by atoms with van der Waals surface area (Å²) in [6.45, 7) is 1.41. The van der Waals surface area contributed by atoms with E-state index in [0.29, 0.717) is 37.3 Å². The first-order valence-corrected chi connectivity index (χ1v) is 8.76. The molecule has 0 saturated carbocycles. The summed E-state index contributed by atoms with van der Waals surface area (Å²) in [6, 6.07) is 8.19. The summed E-state index contributed by atoms with van der Waals surface area (Å²) in [5, 5.41) is 4.54. The Morgan fingerprint density at radius 3 is 3.08 bits per heavy atom. The molecule has 1 atom stereocenters. The number of benzene rings is 1. The van der Waals surface area contributed by atoms with E-state index in [2.05, 4.69) is 32.4 Å². The maximum atomic E-state index is 6.03. The molecule has 136 valence electrons. The fraction of sp³-hybridized carbons (Fsp3) is 0.333. The van der Waals surface area contributed by atoms with Crippen molar-refractivity contribution in [2.24, 2.45) is 0 Å². The molecule has 26 heavy (non-hydrogen) atoms. The number of hydrogen-bond donors (Lipinski definition) is 2. The van der Waals surface area contributed by atoms with E-state index in [1.54, 1.807) is 7.11 Å². The minimum Gasteiger partial charge on any atom is -0.483 e. The highest BCUT2D eigenvalue weighted by Gasteiger charge is 2.25. The standard InChI is InChI=1S/C18H19ClN4O3/c1-24-9-12-10-26-15-16(21-12)22-18(19)23-17(15)25-7-6-11-8-20-14-5-3-2-4-13(11)14/h2-5,8,12,20H,6-7,9-10H2,1H3,(H,21,22,23)/t12-/m1/s1. The smallest absolute Gasteiger partial charge is 0.263 e. The lowest BCUT2D eigenvalue weighted by atomic mass is 10.1. The molecule has 3 aromatic rings. The van der Waals surface area contributed by atoms with Crippen LogP contribution < -0.4 is 14.8 Å². The van der Waals surface area contributed by atoms with E-state index >= 15 is 0 Å². The van der Waals surface area contributed by atoms with Crippen molar-refractivity contribution < 1.29 is 14.2 Å². The maximum absolute atomic E-state index is 6.03. The Hall–Kier alpha value is -2.51. The number of rotatable bonds is 6. The van der Waals surface area contributed by atoms with Gasteiger partial charge in [-0.15, -0.1) is 0 Å². The molecule has 4 rings (SSSR count). The maximum Gasteiger partial charge on any atom is 0.263 e. The van der Waals surface area contributed by atoms with Gasteiger partial charge in [-0.1, -0.05) is 18.2 Å². The summed E-state index contributed by atoms with van der Waals surface area (Å²) in [7, 11) is 1.64. The first-order valence-electron chi connectivity index (χ1n) is 8.38. The number of ether oxygens (including phenoxy) is 3. The number of aromatic amines is 1. The summed E-state index contributed by atoms with van der Waals surface area (Å²) in [5.74, 6) is 1.37. The Bertz CT molecular complexity index is 915. The summed E-state index contributed by atoms with van der Waals surface area (Å²) in [4.78, 5) is 11.6. The molecule has 7 nitrogen and oxygen atoms in total. The molecule has 0 spiro atoms. The second kappa shape index (κ2) is 7.39. The van der Waals surface area contributed by atoms with Gasteiger partial charge in [-0.2, -0.15) is 9.97 Å². The average molecular weight is 375 g/mol. The molecule has 0 unspecified atom stereocenters. The van der Waals surface area contributed by atoms with Gasteiger partial charge in [-0.3, -0.25) is 0 Å². The summed E-state index contributed by atoms with van der Waals surface area (Å²) in [6.07, 6.45) is 2.74. The van der Waals surface area contributed by atoms with E-state index in [9.17, 15) is 0 Å². The molecule has 2 N–H and O–H groups in total. The van der Waals surface area contributed by atoms with Crippen LogP contribution in [0.15, 0.2) is 30.5 Å². The van der Waals surface area contributed by atoms with Crippen molar-refractivity contribution in [2.45, 2.75) is 12.5 Å². The zero-order valence-corrected chi connectivity index (χ0v) is 15.0. The zero-order valence-electron chi connectivity index (χ0n) is 14.3. The third-order valence-electron chi connectivity index (χ3n) is 4.23. The van der Waals surface area contributed by atoms with Gasteiger partial charge in [0.2, 0.25) is 11.0 Å². The number of nitrogens with zero attached hydrogens (tertiary/aromatic N) is 2. The van der Waals surface area contributed by atoms with Crippen LogP contribution in [0.25, 0.3) is 10.9 Å². The van der Waals surface area contributed by atoms with Gasteiger partial charge in [-0.05, 0) is 23.2 Å². The van der Waals surface area contributed by atoms with Crippen molar-refractivity contribution >= 4 is 28.3 Å². The van der Waals surface area contributed by atoms with Crippen LogP contribution in [0.3, 0.4) is 0 Å². The number of H-pyrrole nitrogens is 1. The van der Waals surface area contributed by atoms with Crippen LogP contribution in [0.1, 0.15) is 5.56 Å². The average Bonchev–Trinajstić information content (AvgIpc) is 3.05. The lowest BCUT2D eigenvalue weighted by molar-refractivity contribution is 0.151. The lowest BCUT2D eigenvalue weighted by Crippen LogP contribution is -2.36. The molecule has 3 heterocycles. The summed E-state index contributed by atoms with van der Waals surface area (Å²) < 4.78 is 16.8. The highest BCUT2D eigenvalue weighted by molar-refractivity contribution is 6.28. The van der Waals surface area contributed by atoms with Gasteiger partial charge in [0.25, 0.3) is 5.88 Å². The number of methoxy groups -OCH3 is 1. The molecule has 0 aliphatic carbocycles. The van der Waals surface area contributed by atoms with Crippen molar-refractivity contribution in [3.8, 4) is 11.6 Å². The van der Waals surface area contributed by atoms with Gasteiger partial charge in [-0.25, -0.2) is 0 Å². The van der Waals surface area contributed by atoms with Crippen molar-refractivity contribution in [2.75, 3.05) is 32.2 Å². The van der Waals surface area contributed by atoms with Crippen LogP contribution in [0.5, 0.6) is 11.6 Å². The molecule has 1 aliphatic heterocycles. The fourth-order valence-electron chi connectivity index (χ4n) is 3.04. The number of hydrogen-bond acceptors (Lipinski definition) is 6. The first-order chi connectivity index (χ1) is 12.7. The second-order valence-electron chi connectivity index (χ2n) is 6.04. The zero-order chi connectivity index (χ0) is 17.9.